The third-order valence-electron chi connectivity index (χ3n) is 3.73. The second kappa shape index (κ2) is 3.51. The number of hydrogen-bond acceptors (Lipinski definition) is 3. The minimum atomic E-state index is 0.423. The molecular weight excluding hydrogens is 200 g/mol. The van der Waals surface area contributed by atoms with Crippen molar-refractivity contribution in [3.8, 4) is 5.75 Å². The van der Waals surface area contributed by atoms with Gasteiger partial charge in [0.2, 0.25) is 0 Å². The molecular formula is C13H16N2O. The van der Waals surface area contributed by atoms with Crippen molar-refractivity contribution in [2.75, 3.05) is 19.5 Å². The molecule has 2 unspecified atom stereocenters. The van der Waals surface area contributed by atoms with Crippen LogP contribution in [-0.4, -0.2) is 25.9 Å². The van der Waals surface area contributed by atoms with Gasteiger partial charge in [0.1, 0.15) is 5.75 Å². The lowest BCUT2D eigenvalue weighted by Gasteiger charge is -2.10. The molecule has 0 amide bonds. The van der Waals surface area contributed by atoms with Gasteiger partial charge in [-0.2, -0.15) is 0 Å². The van der Waals surface area contributed by atoms with Gasteiger partial charge in [-0.15, -0.1) is 0 Å². The van der Waals surface area contributed by atoms with Crippen LogP contribution in [0.1, 0.15) is 24.3 Å². The van der Waals surface area contributed by atoms with E-state index in [1.807, 2.05) is 13.1 Å². The second-order valence-corrected chi connectivity index (χ2v) is 4.44. The number of aliphatic imine (C=N–C) groups is 1. The van der Waals surface area contributed by atoms with Gasteiger partial charge in [0, 0.05) is 24.4 Å². The summed E-state index contributed by atoms with van der Waals surface area (Å²) in [4.78, 5) is 4.38. The van der Waals surface area contributed by atoms with Crippen molar-refractivity contribution >= 4 is 11.4 Å². The lowest BCUT2D eigenvalue weighted by atomic mass is 9.97. The third-order valence-corrected chi connectivity index (χ3v) is 3.73. The van der Waals surface area contributed by atoms with Crippen molar-refractivity contribution in [2.24, 2.45) is 4.99 Å². The summed E-state index contributed by atoms with van der Waals surface area (Å²) >= 11 is 0. The van der Waals surface area contributed by atoms with E-state index in [1.54, 1.807) is 7.11 Å². The highest BCUT2D eigenvalue weighted by Crippen LogP contribution is 2.45. The van der Waals surface area contributed by atoms with Crippen molar-refractivity contribution in [1.82, 2.24) is 0 Å². The first-order valence-corrected chi connectivity index (χ1v) is 5.73. The molecule has 1 aliphatic carbocycles. The highest BCUT2D eigenvalue weighted by Gasteiger charge is 2.39. The highest BCUT2D eigenvalue weighted by molar-refractivity contribution is 5.97. The Labute approximate surface area is 95.5 Å². The minimum Gasteiger partial charge on any atom is -0.497 e. The van der Waals surface area contributed by atoms with E-state index < -0.39 is 0 Å². The summed E-state index contributed by atoms with van der Waals surface area (Å²) in [7, 11) is 3.61. The maximum absolute atomic E-state index is 5.28. The fraction of sp³-hybridized carbons (Fsp3) is 0.462. The van der Waals surface area contributed by atoms with Gasteiger partial charge >= 0.3 is 0 Å². The number of nitrogens with one attached hydrogen (secondary N) is 1. The van der Waals surface area contributed by atoms with E-state index in [9.17, 15) is 0 Å². The monoisotopic (exact) mass is 216 g/mol. The maximum Gasteiger partial charge on any atom is 0.119 e. The number of nitrogens with zero attached hydrogens (tertiary/aromatic N) is 1. The molecule has 0 aromatic heterocycles. The van der Waals surface area contributed by atoms with Crippen LogP contribution in [0.25, 0.3) is 0 Å². The summed E-state index contributed by atoms with van der Waals surface area (Å²) in [6.45, 7) is 0. The van der Waals surface area contributed by atoms with Crippen LogP contribution in [-0.2, 0) is 0 Å². The number of fused-ring (bicyclic) bond motifs is 3. The quantitative estimate of drug-likeness (QED) is 0.782. The molecule has 2 atom stereocenters. The van der Waals surface area contributed by atoms with Gasteiger partial charge in [0.15, 0.2) is 0 Å². The van der Waals surface area contributed by atoms with Gasteiger partial charge < -0.3 is 10.1 Å². The molecule has 1 aromatic rings. The van der Waals surface area contributed by atoms with Gasteiger partial charge in [-0.05, 0) is 36.6 Å². The number of benzene rings is 1. The van der Waals surface area contributed by atoms with E-state index in [0.717, 1.165) is 12.2 Å². The van der Waals surface area contributed by atoms with E-state index >= 15 is 0 Å². The normalized spacial score (nSPS) is 28.8. The van der Waals surface area contributed by atoms with Crippen molar-refractivity contribution in [1.29, 1.82) is 0 Å². The lowest BCUT2D eigenvalue weighted by Crippen LogP contribution is -2.23. The first kappa shape index (κ1) is 9.70. The predicted octanol–water partition coefficient (Wildman–Crippen LogP) is 2.44. The molecule has 1 N–H and O–H groups in total. The van der Waals surface area contributed by atoms with Crippen molar-refractivity contribution in [3.05, 3.63) is 23.8 Å². The van der Waals surface area contributed by atoms with Crippen LogP contribution in [0.4, 0.5) is 5.69 Å². The van der Waals surface area contributed by atoms with Crippen LogP contribution in [0.5, 0.6) is 5.75 Å². The van der Waals surface area contributed by atoms with Crippen molar-refractivity contribution in [2.45, 2.75) is 24.8 Å². The summed E-state index contributed by atoms with van der Waals surface area (Å²) < 4.78 is 5.28. The van der Waals surface area contributed by atoms with Crippen molar-refractivity contribution < 1.29 is 4.74 Å². The average molecular weight is 216 g/mol. The van der Waals surface area contributed by atoms with Crippen LogP contribution in [0.2, 0.25) is 0 Å². The standard InChI is InChI=1S/C13H16N2O/c1-14-12-6-4-9-10-7-8(16-2)3-5-11(10)15-13(9)12/h3,5,7,9,13,15H,4,6H2,1-2H3. The molecule has 1 fully saturated rings. The highest BCUT2D eigenvalue weighted by atomic mass is 16.5. The Balaban J connectivity index is 2.01. The minimum absolute atomic E-state index is 0.423. The Bertz CT molecular complexity index is 453. The average Bonchev–Trinajstić information content (AvgIpc) is 2.86. The fourth-order valence-corrected chi connectivity index (χ4v) is 2.90. The first-order chi connectivity index (χ1) is 7.83. The van der Waals surface area contributed by atoms with Gasteiger partial charge in [-0.1, -0.05) is 0 Å². The molecule has 0 spiro atoms. The zero-order valence-corrected chi connectivity index (χ0v) is 9.66. The van der Waals surface area contributed by atoms with E-state index in [0.29, 0.717) is 12.0 Å². The Kier molecular flexibility index (Phi) is 2.13. The predicted molar refractivity (Wildman–Crippen MR) is 65.7 cm³/mol. The molecule has 3 nitrogen and oxygen atoms in total. The summed E-state index contributed by atoms with van der Waals surface area (Å²) in [5.41, 5.74) is 3.94. The molecule has 1 aromatic carbocycles. The van der Waals surface area contributed by atoms with E-state index in [1.165, 1.54) is 23.4 Å². The number of hydrogen-bond donors (Lipinski definition) is 1. The summed E-state index contributed by atoms with van der Waals surface area (Å²) in [5, 5.41) is 3.56. The van der Waals surface area contributed by atoms with Crippen LogP contribution < -0.4 is 10.1 Å². The van der Waals surface area contributed by atoms with E-state index in [-0.39, 0.29) is 0 Å². The molecule has 0 saturated heterocycles. The van der Waals surface area contributed by atoms with E-state index in [2.05, 4.69) is 22.4 Å². The molecule has 0 radical (unpaired) electrons. The van der Waals surface area contributed by atoms with Gasteiger partial charge in [0.05, 0.1) is 13.2 Å². The van der Waals surface area contributed by atoms with Crippen LogP contribution in [0.3, 0.4) is 0 Å². The topological polar surface area (TPSA) is 33.6 Å². The second-order valence-electron chi connectivity index (χ2n) is 4.44. The third kappa shape index (κ3) is 1.24. The first-order valence-electron chi connectivity index (χ1n) is 5.73. The molecule has 2 aliphatic rings. The zero-order chi connectivity index (χ0) is 11.1. The Hall–Kier alpha value is -1.51. The van der Waals surface area contributed by atoms with Gasteiger partial charge in [-0.25, -0.2) is 0 Å². The number of anilines is 1. The number of rotatable bonds is 1. The summed E-state index contributed by atoms with van der Waals surface area (Å²) in [6, 6.07) is 6.70. The number of methoxy groups -OCH3 is 1. The van der Waals surface area contributed by atoms with Crippen LogP contribution in [0.15, 0.2) is 23.2 Å². The molecule has 1 heterocycles. The largest absolute Gasteiger partial charge is 0.497 e. The fourth-order valence-electron chi connectivity index (χ4n) is 2.90. The molecule has 3 heteroatoms. The Morgan fingerprint density at radius 1 is 1.44 bits per heavy atom. The smallest absolute Gasteiger partial charge is 0.119 e. The molecule has 16 heavy (non-hydrogen) atoms. The summed E-state index contributed by atoms with van der Waals surface area (Å²) in [5.74, 6) is 1.53. The van der Waals surface area contributed by atoms with Crippen molar-refractivity contribution in [3.63, 3.8) is 0 Å². The van der Waals surface area contributed by atoms with E-state index in [4.69, 9.17) is 4.74 Å². The SMILES string of the molecule is CN=C1CCC2c3cc(OC)ccc3NC12. The van der Waals surface area contributed by atoms with Gasteiger partial charge in [-0.3, -0.25) is 4.99 Å². The Morgan fingerprint density at radius 3 is 3.06 bits per heavy atom. The van der Waals surface area contributed by atoms with Gasteiger partial charge in [0.25, 0.3) is 0 Å². The number of ether oxygens (including phenoxy) is 1. The van der Waals surface area contributed by atoms with Crippen LogP contribution in [0, 0.1) is 0 Å². The lowest BCUT2D eigenvalue weighted by molar-refractivity contribution is 0.414. The molecule has 0 bridgehead atoms. The zero-order valence-electron chi connectivity index (χ0n) is 9.66. The molecule has 1 saturated carbocycles. The molecule has 3 rings (SSSR count). The molecule has 84 valence electrons. The van der Waals surface area contributed by atoms with Crippen LogP contribution >= 0.6 is 0 Å². The maximum atomic E-state index is 5.28. The molecule has 1 aliphatic heterocycles. The summed E-state index contributed by atoms with van der Waals surface area (Å²) in [6.07, 6.45) is 2.32. The Morgan fingerprint density at radius 2 is 2.31 bits per heavy atom.